The Bertz CT molecular complexity index is 712. The van der Waals surface area contributed by atoms with Crippen LogP contribution in [0.25, 0.3) is 0 Å². The fourth-order valence-corrected chi connectivity index (χ4v) is 3.56. The molecule has 1 aromatic rings. The lowest BCUT2D eigenvalue weighted by Crippen LogP contribution is -2.48. The number of ether oxygens (including phenoxy) is 1. The summed E-state index contributed by atoms with van der Waals surface area (Å²) < 4.78 is 31.9. The minimum atomic E-state index is -3.67. The van der Waals surface area contributed by atoms with Crippen LogP contribution in [0, 0.1) is 0 Å². The molecule has 0 saturated carbocycles. The molecule has 1 aliphatic rings. The number of nitrogens with one attached hydrogen (secondary N) is 1. The molecule has 0 radical (unpaired) electrons. The van der Waals surface area contributed by atoms with Crippen LogP contribution >= 0.6 is 0 Å². The second-order valence-corrected chi connectivity index (χ2v) is 7.06. The first kappa shape index (κ1) is 18.2. The zero-order chi connectivity index (χ0) is 17.7. The van der Waals surface area contributed by atoms with Crippen LogP contribution in [0.3, 0.4) is 0 Å². The predicted molar refractivity (Wildman–Crippen MR) is 87.4 cm³/mol. The molecule has 1 fully saturated rings. The maximum Gasteiger partial charge on any atom is 0.257 e. The third kappa shape index (κ3) is 3.85. The second-order valence-electron chi connectivity index (χ2n) is 5.30. The summed E-state index contributed by atoms with van der Waals surface area (Å²) in [5.41, 5.74) is 0.191. The van der Waals surface area contributed by atoms with Gasteiger partial charge in [0.2, 0.25) is 16.4 Å². The van der Waals surface area contributed by atoms with Gasteiger partial charge in [0, 0.05) is 32.7 Å². The summed E-state index contributed by atoms with van der Waals surface area (Å²) in [5, 5.41) is 0. The molecule has 1 heterocycles. The van der Waals surface area contributed by atoms with Crippen molar-refractivity contribution < 1.29 is 22.7 Å². The largest absolute Gasteiger partial charge is 0.496 e. The number of methoxy groups -OCH3 is 1. The van der Waals surface area contributed by atoms with Gasteiger partial charge in [0.05, 0.1) is 17.6 Å². The van der Waals surface area contributed by atoms with Gasteiger partial charge < -0.3 is 14.5 Å². The van der Waals surface area contributed by atoms with Crippen molar-refractivity contribution in [1.82, 2.24) is 14.5 Å². The molecule has 0 spiro atoms. The molecule has 1 aliphatic heterocycles. The van der Waals surface area contributed by atoms with Crippen LogP contribution in [0.5, 0.6) is 5.75 Å². The Morgan fingerprint density at radius 1 is 1.29 bits per heavy atom. The smallest absolute Gasteiger partial charge is 0.257 e. The Morgan fingerprint density at radius 3 is 2.50 bits per heavy atom. The average molecular weight is 355 g/mol. The van der Waals surface area contributed by atoms with Crippen LogP contribution in [0.4, 0.5) is 0 Å². The van der Waals surface area contributed by atoms with E-state index in [0.29, 0.717) is 31.9 Å². The topological polar surface area (TPSA) is 96.0 Å². The quantitative estimate of drug-likeness (QED) is 0.720. The monoisotopic (exact) mass is 355 g/mol. The first-order chi connectivity index (χ1) is 11.4. The Balaban J connectivity index is 2.31. The van der Waals surface area contributed by atoms with Crippen LogP contribution in [0.1, 0.15) is 17.3 Å². The van der Waals surface area contributed by atoms with Crippen molar-refractivity contribution in [2.45, 2.75) is 11.8 Å². The van der Waals surface area contributed by atoms with Crippen LogP contribution in [-0.4, -0.2) is 70.4 Å². The predicted octanol–water partition coefficient (Wildman–Crippen LogP) is -0.0924. The van der Waals surface area contributed by atoms with Crippen molar-refractivity contribution in [3.8, 4) is 5.75 Å². The third-order valence-electron chi connectivity index (χ3n) is 3.80. The van der Waals surface area contributed by atoms with E-state index in [9.17, 15) is 18.0 Å². The summed E-state index contributed by atoms with van der Waals surface area (Å²) in [6, 6.07) is 4.20. The molecule has 24 heavy (non-hydrogen) atoms. The molecule has 2 amide bonds. The number of hydrogen-bond donors (Lipinski definition) is 1. The highest BCUT2D eigenvalue weighted by Crippen LogP contribution is 2.24. The van der Waals surface area contributed by atoms with E-state index in [4.69, 9.17) is 4.74 Å². The lowest BCUT2D eigenvalue weighted by Gasteiger charge is -2.32. The van der Waals surface area contributed by atoms with Gasteiger partial charge in [0.15, 0.2) is 0 Å². The van der Waals surface area contributed by atoms with Gasteiger partial charge in [-0.2, -0.15) is 0 Å². The Morgan fingerprint density at radius 2 is 1.96 bits per heavy atom. The number of rotatable bonds is 6. The lowest BCUT2D eigenvalue weighted by atomic mass is 10.1. The zero-order valence-corrected chi connectivity index (χ0v) is 14.5. The summed E-state index contributed by atoms with van der Waals surface area (Å²) in [7, 11) is -2.24. The number of hydrogen-bond acceptors (Lipinski definition) is 5. The highest BCUT2D eigenvalue weighted by atomic mass is 32.2. The van der Waals surface area contributed by atoms with Crippen molar-refractivity contribution in [2.24, 2.45) is 0 Å². The maximum atomic E-state index is 12.7. The van der Waals surface area contributed by atoms with Gasteiger partial charge in [-0.25, -0.2) is 13.1 Å². The number of carbonyl (C=O) groups excluding carboxylic acids is 2. The first-order valence-corrected chi connectivity index (χ1v) is 9.07. The Labute approximate surface area is 141 Å². The summed E-state index contributed by atoms with van der Waals surface area (Å²) in [4.78, 5) is 26.7. The molecule has 1 N–H and O–H groups in total. The van der Waals surface area contributed by atoms with Crippen molar-refractivity contribution >= 4 is 22.3 Å². The fourth-order valence-electron chi connectivity index (χ4n) is 2.50. The van der Waals surface area contributed by atoms with Crippen molar-refractivity contribution in [3.05, 3.63) is 23.8 Å². The van der Waals surface area contributed by atoms with Crippen molar-refractivity contribution in [2.75, 3.05) is 39.8 Å². The molecule has 2 rings (SSSR count). The summed E-state index contributed by atoms with van der Waals surface area (Å²) >= 11 is 0. The average Bonchev–Trinajstić information content (AvgIpc) is 2.60. The minimum Gasteiger partial charge on any atom is -0.496 e. The van der Waals surface area contributed by atoms with Gasteiger partial charge in [0.1, 0.15) is 5.75 Å². The number of carbonyl (C=O) groups is 2. The number of amides is 2. The molecule has 1 aromatic carbocycles. The highest BCUT2D eigenvalue weighted by Gasteiger charge is 2.25. The van der Waals surface area contributed by atoms with Crippen LogP contribution in [0.15, 0.2) is 23.1 Å². The summed E-state index contributed by atoms with van der Waals surface area (Å²) in [5.74, 6) is -0.000729. The van der Waals surface area contributed by atoms with E-state index < -0.39 is 10.0 Å². The normalized spacial score (nSPS) is 15.2. The zero-order valence-electron chi connectivity index (χ0n) is 13.7. The fraction of sp³-hybridized carbons (Fsp3) is 0.467. The van der Waals surface area contributed by atoms with Crippen LogP contribution in [-0.2, 0) is 14.8 Å². The standard InChI is InChI=1S/C15H21N3O5S/c1-3-16-24(21,22)12-4-5-14(23-2)13(10-12)15(20)18-8-6-17(11-19)7-9-18/h4-5,10-11,16H,3,6-9H2,1-2H3. The van der Waals surface area contributed by atoms with Crippen molar-refractivity contribution in [1.29, 1.82) is 0 Å². The van der Waals surface area contributed by atoms with E-state index >= 15 is 0 Å². The second kappa shape index (κ2) is 7.63. The van der Waals surface area contributed by atoms with Gasteiger partial charge in [0.25, 0.3) is 5.91 Å². The van der Waals surface area contributed by atoms with Gasteiger partial charge in [-0.05, 0) is 18.2 Å². The third-order valence-corrected chi connectivity index (χ3v) is 5.34. The number of piperazine rings is 1. The van der Waals surface area contributed by atoms with E-state index in [1.165, 1.54) is 25.3 Å². The molecular weight excluding hydrogens is 334 g/mol. The van der Waals surface area contributed by atoms with E-state index in [1.54, 1.807) is 16.7 Å². The molecule has 0 aliphatic carbocycles. The van der Waals surface area contributed by atoms with Gasteiger partial charge in [-0.15, -0.1) is 0 Å². The maximum absolute atomic E-state index is 12.7. The van der Waals surface area contributed by atoms with E-state index in [1.807, 2.05) is 0 Å². The van der Waals surface area contributed by atoms with Crippen LogP contribution in [0.2, 0.25) is 0 Å². The lowest BCUT2D eigenvalue weighted by molar-refractivity contribution is -0.119. The molecule has 132 valence electrons. The van der Waals surface area contributed by atoms with Crippen molar-refractivity contribution in [3.63, 3.8) is 0 Å². The molecule has 1 saturated heterocycles. The number of nitrogens with zero attached hydrogens (tertiary/aromatic N) is 2. The molecule has 8 nitrogen and oxygen atoms in total. The number of benzene rings is 1. The van der Waals surface area contributed by atoms with E-state index in [-0.39, 0.29) is 22.9 Å². The minimum absolute atomic E-state index is 0.0139. The summed E-state index contributed by atoms with van der Waals surface area (Å²) in [6.45, 7) is 3.63. The first-order valence-electron chi connectivity index (χ1n) is 7.59. The Hall–Kier alpha value is -2.13. The molecule has 0 unspecified atom stereocenters. The number of sulfonamides is 1. The SMILES string of the molecule is CCNS(=O)(=O)c1ccc(OC)c(C(=O)N2CCN(C=O)CC2)c1. The van der Waals surface area contributed by atoms with Gasteiger partial charge in [-0.3, -0.25) is 9.59 Å². The molecule has 0 atom stereocenters. The molecule has 9 heteroatoms. The molecule has 0 bridgehead atoms. The van der Waals surface area contributed by atoms with Gasteiger partial charge in [-0.1, -0.05) is 6.92 Å². The highest BCUT2D eigenvalue weighted by molar-refractivity contribution is 7.89. The van der Waals surface area contributed by atoms with E-state index in [0.717, 1.165) is 6.41 Å². The van der Waals surface area contributed by atoms with E-state index in [2.05, 4.69) is 4.72 Å². The molecule has 0 aromatic heterocycles. The van der Waals surface area contributed by atoms with Crippen LogP contribution < -0.4 is 9.46 Å². The molecular formula is C15H21N3O5S. The summed E-state index contributed by atoms with van der Waals surface area (Å²) in [6.07, 6.45) is 0.756. The van der Waals surface area contributed by atoms with Gasteiger partial charge >= 0.3 is 0 Å². The Kier molecular flexibility index (Phi) is 5.79.